The molecule has 1 aromatic heterocycles. The van der Waals surface area contributed by atoms with E-state index in [0.717, 1.165) is 30.4 Å². The molecule has 0 spiro atoms. The number of aliphatic hydroxyl groups is 1. The molecule has 1 amide bonds. The van der Waals surface area contributed by atoms with Crippen LogP contribution in [0.4, 0.5) is 0 Å². The van der Waals surface area contributed by atoms with Crippen molar-refractivity contribution in [2.24, 2.45) is 5.92 Å². The molecule has 7 rings (SSSR count). The molecule has 3 aliphatic carbocycles. The van der Waals surface area contributed by atoms with Gasteiger partial charge in [-0.15, -0.1) is 0 Å². The second-order valence-corrected chi connectivity index (χ2v) is 10.7. The molecule has 2 aromatic carbocycles. The molecular formula is C26H25Cl2N3O3. The van der Waals surface area contributed by atoms with E-state index in [0.29, 0.717) is 33.7 Å². The number of halogens is 2. The van der Waals surface area contributed by atoms with Crippen LogP contribution in [0.2, 0.25) is 10.0 Å². The number of aromatic nitrogens is 2. The highest BCUT2D eigenvalue weighted by Crippen LogP contribution is 2.57. The third-order valence-electron chi connectivity index (χ3n) is 7.57. The molecular weight excluding hydrogens is 473 g/mol. The maximum absolute atomic E-state index is 12.8. The number of nitrogens with one attached hydrogen (secondary N) is 1. The summed E-state index contributed by atoms with van der Waals surface area (Å²) < 4.78 is 8.05. The van der Waals surface area contributed by atoms with Crippen LogP contribution >= 0.6 is 23.2 Å². The number of hydrogen-bond acceptors (Lipinski definition) is 4. The van der Waals surface area contributed by atoms with Gasteiger partial charge in [0.2, 0.25) is 5.91 Å². The summed E-state index contributed by atoms with van der Waals surface area (Å²) in [7, 11) is 0. The van der Waals surface area contributed by atoms with E-state index in [1.807, 2.05) is 30.5 Å². The third-order valence-corrected chi connectivity index (χ3v) is 8.06. The third kappa shape index (κ3) is 3.88. The van der Waals surface area contributed by atoms with Crippen molar-refractivity contribution in [3.8, 4) is 16.9 Å². The SMILES string of the molecule is O=C(C[C@H]1C[C@@H](O)c2cc(Cl)ccc2O1)NC1CC2(n3cc(-c4ccc(Cl)cc4)cn3)CC1C2. The largest absolute Gasteiger partial charge is 0.489 e. The molecule has 34 heavy (non-hydrogen) atoms. The number of hydrogen-bond donors (Lipinski definition) is 2. The van der Waals surface area contributed by atoms with Gasteiger partial charge in [0, 0.05) is 39.8 Å². The van der Waals surface area contributed by atoms with Crippen LogP contribution in [0.25, 0.3) is 11.1 Å². The lowest BCUT2D eigenvalue weighted by atomic mass is 9.77. The van der Waals surface area contributed by atoms with Crippen molar-refractivity contribution in [1.82, 2.24) is 15.1 Å². The van der Waals surface area contributed by atoms with E-state index in [1.54, 1.807) is 18.2 Å². The van der Waals surface area contributed by atoms with E-state index in [4.69, 9.17) is 27.9 Å². The topological polar surface area (TPSA) is 76.4 Å². The van der Waals surface area contributed by atoms with Gasteiger partial charge in [0.25, 0.3) is 0 Å². The summed E-state index contributed by atoms with van der Waals surface area (Å²) in [5, 5.41) is 19.6. The lowest BCUT2D eigenvalue weighted by Gasteiger charge is -2.38. The maximum atomic E-state index is 12.8. The standard InChI is InChI=1S/C26H25Cl2N3O3/c27-18-3-1-15(2-4-18)17-13-29-31(14-17)26-10-16(11-26)22(12-26)30-25(33)9-20-8-23(32)21-7-19(28)5-6-24(21)34-20/h1-7,13-14,16,20,22-23,32H,8-12H2,(H,30,33)/t16?,20-,22?,23-,26?/m1/s1. The molecule has 4 aliphatic rings. The lowest BCUT2D eigenvalue weighted by molar-refractivity contribution is -0.124. The van der Waals surface area contributed by atoms with Crippen LogP contribution in [0.3, 0.4) is 0 Å². The second kappa shape index (κ2) is 8.29. The van der Waals surface area contributed by atoms with Gasteiger partial charge in [0.15, 0.2) is 0 Å². The molecule has 3 atom stereocenters. The minimum Gasteiger partial charge on any atom is -0.489 e. The fraction of sp³-hybridized carbons (Fsp3) is 0.385. The molecule has 2 bridgehead atoms. The minimum atomic E-state index is -0.683. The summed E-state index contributed by atoms with van der Waals surface area (Å²) in [5.74, 6) is 1.02. The van der Waals surface area contributed by atoms with Gasteiger partial charge >= 0.3 is 0 Å². The number of fused-ring (bicyclic) bond motifs is 2. The molecule has 2 heterocycles. The first-order chi connectivity index (χ1) is 16.4. The van der Waals surface area contributed by atoms with Gasteiger partial charge in [-0.1, -0.05) is 35.3 Å². The molecule has 6 nitrogen and oxygen atoms in total. The Kier molecular flexibility index (Phi) is 5.36. The van der Waals surface area contributed by atoms with E-state index in [-0.39, 0.29) is 30.0 Å². The number of carbonyl (C=O) groups excluding carboxylic acids is 1. The van der Waals surface area contributed by atoms with E-state index in [2.05, 4.69) is 21.3 Å². The van der Waals surface area contributed by atoms with E-state index >= 15 is 0 Å². The van der Waals surface area contributed by atoms with Crippen molar-refractivity contribution in [3.63, 3.8) is 0 Å². The van der Waals surface area contributed by atoms with Crippen molar-refractivity contribution in [2.45, 2.75) is 55.9 Å². The monoisotopic (exact) mass is 497 g/mol. The Bertz CT molecular complexity index is 1240. The zero-order valence-electron chi connectivity index (χ0n) is 18.5. The summed E-state index contributed by atoms with van der Waals surface area (Å²) in [6.07, 6.45) is 6.47. The molecule has 0 radical (unpaired) electrons. The van der Waals surface area contributed by atoms with Crippen molar-refractivity contribution < 1.29 is 14.6 Å². The number of aliphatic hydroxyl groups excluding tert-OH is 1. The van der Waals surface area contributed by atoms with Crippen LogP contribution in [0.15, 0.2) is 54.9 Å². The summed E-state index contributed by atoms with van der Waals surface area (Å²) in [6.45, 7) is 0. The average Bonchev–Trinajstić information content (AvgIpc) is 3.48. The molecule has 2 N–H and O–H groups in total. The van der Waals surface area contributed by atoms with Gasteiger partial charge in [-0.3, -0.25) is 9.48 Å². The summed E-state index contributed by atoms with van der Waals surface area (Å²) >= 11 is 12.0. The Morgan fingerprint density at radius 2 is 1.88 bits per heavy atom. The molecule has 176 valence electrons. The molecule has 8 heteroatoms. The number of rotatable bonds is 5. The van der Waals surface area contributed by atoms with Crippen molar-refractivity contribution in [3.05, 3.63) is 70.5 Å². The fourth-order valence-corrected chi connectivity index (χ4v) is 6.16. The van der Waals surface area contributed by atoms with Crippen LogP contribution in [0.5, 0.6) is 5.75 Å². The van der Waals surface area contributed by atoms with Crippen molar-refractivity contribution >= 4 is 29.1 Å². The smallest absolute Gasteiger partial charge is 0.223 e. The lowest BCUT2D eigenvalue weighted by Crippen LogP contribution is -2.41. The summed E-state index contributed by atoms with van der Waals surface area (Å²) in [5.41, 5.74) is 2.81. The number of ether oxygens (including phenoxy) is 1. The normalized spacial score (nSPS) is 29.1. The molecule has 3 fully saturated rings. The van der Waals surface area contributed by atoms with Crippen molar-refractivity contribution in [1.29, 1.82) is 0 Å². The number of carbonyl (C=O) groups is 1. The van der Waals surface area contributed by atoms with Gasteiger partial charge in [-0.25, -0.2) is 0 Å². The molecule has 0 saturated heterocycles. The predicted octanol–water partition coefficient (Wildman–Crippen LogP) is 5.13. The fourth-order valence-electron chi connectivity index (χ4n) is 5.85. The van der Waals surface area contributed by atoms with Crippen LogP contribution in [-0.4, -0.2) is 32.9 Å². The highest BCUT2D eigenvalue weighted by Gasteiger charge is 2.58. The molecule has 3 saturated carbocycles. The first-order valence-electron chi connectivity index (χ1n) is 11.6. The zero-order valence-corrected chi connectivity index (χ0v) is 20.0. The summed E-state index contributed by atoms with van der Waals surface area (Å²) in [4.78, 5) is 12.8. The van der Waals surface area contributed by atoms with Gasteiger partial charge in [-0.05, 0) is 61.1 Å². The van der Waals surface area contributed by atoms with E-state index < -0.39 is 6.10 Å². The van der Waals surface area contributed by atoms with Crippen LogP contribution in [-0.2, 0) is 10.3 Å². The zero-order chi connectivity index (χ0) is 23.4. The van der Waals surface area contributed by atoms with Crippen LogP contribution in [0.1, 0.15) is 43.8 Å². The minimum absolute atomic E-state index is 0.0248. The predicted molar refractivity (Wildman–Crippen MR) is 130 cm³/mol. The van der Waals surface area contributed by atoms with Gasteiger partial charge in [0.05, 0.1) is 24.3 Å². The highest BCUT2D eigenvalue weighted by atomic mass is 35.5. The number of benzene rings is 2. The Morgan fingerprint density at radius 1 is 1.12 bits per heavy atom. The Morgan fingerprint density at radius 3 is 2.68 bits per heavy atom. The van der Waals surface area contributed by atoms with Gasteiger partial charge in [-0.2, -0.15) is 5.10 Å². The highest BCUT2D eigenvalue weighted by molar-refractivity contribution is 6.31. The molecule has 1 unspecified atom stereocenters. The van der Waals surface area contributed by atoms with Gasteiger partial charge in [0.1, 0.15) is 11.9 Å². The first kappa shape index (κ1) is 22.0. The van der Waals surface area contributed by atoms with E-state index in [9.17, 15) is 9.90 Å². The van der Waals surface area contributed by atoms with Crippen LogP contribution < -0.4 is 10.1 Å². The Balaban J connectivity index is 1.08. The second-order valence-electron chi connectivity index (χ2n) is 9.83. The molecule has 1 aliphatic heterocycles. The number of nitrogens with zero attached hydrogens (tertiary/aromatic N) is 2. The quantitative estimate of drug-likeness (QED) is 0.512. The van der Waals surface area contributed by atoms with Gasteiger partial charge < -0.3 is 15.2 Å². The first-order valence-corrected chi connectivity index (χ1v) is 12.4. The van der Waals surface area contributed by atoms with Crippen LogP contribution in [0, 0.1) is 5.92 Å². The van der Waals surface area contributed by atoms with E-state index in [1.165, 1.54) is 0 Å². The maximum Gasteiger partial charge on any atom is 0.223 e. The summed E-state index contributed by atoms with van der Waals surface area (Å²) in [6, 6.07) is 13.1. The molecule has 3 aromatic rings. The van der Waals surface area contributed by atoms with Crippen molar-refractivity contribution in [2.75, 3.05) is 0 Å². The average molecular weight is 498 g/mol. The Labute approximate surface area is 207 Å². The number of amides is 1. The Hall–Kier alpha value is -2.54.